The molecule has 154 valence electrons. The highest BCUT2D eigenvalue weighted by atomic mass is 32.2. The second kappa shape index (κ2) is 6.75. The summed E-state index contributed by atoms with van der Waals surface area (Å²) in [5.41, 5.74) is 0. The zero-order valence-corrected chi connectivity index (χ0v) is 14.2. The lowest BCUT2D eigenvalue weighted by Gasteiger charge is -2.32. The normalized spacial score (nSPS) is 18.8. The number of halogens is 9. The highest BCUT2D eigenvalue weighted by Gasteiger charge is 2.85. The molecule has 0 spiro atoms. The predicted molar refractivity (Wildman–Crippen MR) is 72.9 cm³/mol. The van der Waals surface area contributed by atoms with Crippen molar-refractivity contribution in [3.05, 3.63) is 0 Å². The van der Waals surface area contributed by atoms with Crippen molar-refractivity contribution in [2.75, 3.05) is 13.1 Å². The Balaban J connectivity index is 3.46. The van der Waals surface area contributed by atoms with Crippen LogP contribution in [0.15, 0.2) is 4.40 Å². The van der Waals surface area contributed by atoms with Gasteiger partial charge in [0.2, 0.25) is 0 Å². The van der Waals surface area contributed by atoms with Crippen LogP contribution < -0.4 is 0 Å². The van der Waals surface area contributed by atoms with Gasteiger partial charge in [0.25, 0.3) is 0 Å². The van der Waals surface area contributed by atoms with Crippen molar-refractivity contribution in [1.29, 1.82) is 0 Å². The molecule has 0 aromatic rings. The van der Waals surface area contributed by atoms with E-state index >= 15 is 0 Å². The number of rotatable bonds is 5. The van der Waals surface area contributed by atoms with Crippen molar-refractivity contribution in [2.24, 2.45) is 10.3 Å². The SMILES string of the molecule is CC(C)C(=NS(=O)(=O)C(F)(F)C(F)(F)C(F)(F)C(F)(F)F)N1CCCC1. The molecule has 0 bridgehead atoms. The second-order valence-corrected chi connectivity index (χ2v) is 7.58. The maximum absolute atomic E-state index is 13.7. The molecule has 1 rings (SSSR count). The fraction of sp³-hybridized carbons (Fsp3) is 0.917. The Hall–Kier alpha value is -1.21. The molecule has 1 fully saturated rings. The Bertz CT molecular complexity index is 650. The van der Waals surface area contributed by atoms with E-state index in [1.54, 1.807) is 0 Å². The highest BCUT2D eigenvalue weighted by molar-refractivity contribution is 7.91. The van der Waals surface area contributed by atoms with Gasteiger partial charge in [-0.2, -0.15) is 47.9 Å². The number of hydrogen-bond acceptors (Lipinski definition) is 2. The average Bonchev–Trinajstić information content (AvgIpc) is 2.96. The van der Waals surface area contributed by atoms with Crippen molar-refractivity contribution in [3.8, 4) is 0 Å². The van der Waals surface area contributed by atoms with Gasteiger partial charge in [-0.25, -0.2) is 0 Å². The first kappa shape index (κ1) is 22.8. The number of nitrogens with zero attached hydrogens (tertiary/aromatic N) is 2. The van der Waals surface area contributed by atoms with E-state index in [4.69, 9.17) is 0 Å². The number of hydrogen-bond donors (Lipinski definition) is 0. The molecule has 0 N–H and O–H groups in total. The van der Waals surface area contributed by atoms with E-state index in [-0.39, 0.29) is 13.1 Å². The number of sulfonamides is 1. The molecule has 1 aliphatic rings. The Morgan fingerprint density at radius 2 is 1.31 bits per heavy atom. The average molecular weight is 422 g/mol. The van der Waals surface area contributed by atoms with Crippen LogP contribution in [0.5, 0.6) is 0 Å². The molecule has 26 heavy (non-hydrogen) atoms. The number of likely N-dealkylation sites (tertiary alicyclic amines) is 1. The summed E-state index contributed by atoms with van der Waals surface area (Å²) in [5, 5.41) is -6.79. The minimum atomic E-state index is -7.29. The fourth-order valence-corrected chi connectivity index (χ4v) is 3.32. The monoisotopic (exact) mass is 422 g/mol. The molecule has 1 saturated heterocycles. The molecule has 0 unspecified atom stereocenters. The summed E-state index contributed by atoms with van der Waals surface area (Å²) in [6.07, 6.45) is -6.09. The zero-order chi connectivity index (χ0) is 20.8. The van der Waals surface area contributed by atoms with Crippen molar-refractivity contribution < 1.29 is 47.9 Å². The van der Waals surface area contributed by atoms with Crippen LogP contribution in [0.1, 0.15) is 26.7 Å². The molecule has 4 nitrogen and oxygen atoms in total. The Morgan fingerprint density at radius 3 is 1.65 bits per heavy atom. The third-order valence-corrected chi connectivity index (χ3v) is 4.93. The smallest absolute Gasteiger partial charge is 0.359 e. The molecular formula is C12H15F9N2O2S. The van der Waals surface area contributed by atoms with E-state index in [0.717, 1.165) is 0 Å². The molecule has 0 amide bonds. The molecule has 0 radical (unpaired) electrons. The van der Waals surface area contributed by atoms with Gasteiger partial charge in [-0.05, 0) is 12.8 Å². The Morgan fingerprint density at radius 1 is 0.885 bits per heavy atom. The topological polar surface area (TPSA) is 49.7 Å². The Labute approximate surface area is 143 Å². The van der Waals surface area contributed by atoms with Crippen molar-refractivity contribution in [3.63, 3.8) is 0 Å². The summed E-state index contributed by atoms with van der Waals surface area (Å²) in [7, 11) is -6.76. The summed E-state index contributed by atoms with van der Waals surface area (Å²) in [6.45, 7) is 2.83. The number of alkyl halides is 9. The van der Waals surface area contributed by atoms with Crippen LogP contribution in [0, 0.1) is 5.92 Å². The lowest BCUT2D eigenvalue weighted by molar-refractivity contribution is -0.382. The van der Waals surface area contributed by atoms with Gasteiger partial charge < -0.3 is 4.90 Å². The molecular weight excluding hydrogens is 407 g/mol. The standard InChI is InChI=1S/C12H15F9N2O2S/c1-7(2)8(23-5-3-4-6-23)22-26(24,25)12(20,21)10(15,16)9(13,14)11(17,18)19/h7H,3-6H2,1-2H3. The molecule has 0 aliphatic carbocycles. The summed E-state index contributed by atoms with van der Waals surface area (Å²) >= 11 is 0. The van der Waals surface area contributed by atoms with Crippen LogP contribution in [0.3, 0.4) is 0 Å². The van der Waals surface area contributed by atoms with Crippen LogP contribution in [0.25, 0.3) is 0 Å². The summed E-state index contributed by atoms with van der Waals surface area (Å²) < 4.78 is 142. The van der Waals surface area contributed by atoms with E-state index in [2.05, 4.69) is 4.40 Å². The van der Waals surface area contributed by atoms with Gasteiger partial charge in [-0.1, -0.05) is 13.8 Å². The van der Waals surface area contributed by atoms with E-state index in [1.165, 1.54) is 18.7 Å². The molecule has 0 atom stereocenters. The van der Waals surface area contributed by atoms with Crippen molar-refractivity contribution in [1.82, 2.24) is 4.90 Å². The second-order valence-electron chi connectivity index (χ2n) is 5.94. The molecule has 0 aromatic heterocycles. The van der Waals surface area contributed by atoms with Crippen LogP contribution >= 0.6 is 0 Å². The van der Waals surface area contributed by atoms with Gasteiger partial charge in [0.1, 0.15) is 5.84 Å². The van der Waals surface area contributed by atoms with Gasteiger partial charge in [0, 0.05) is 19.0 Å². The van der Waals surface area contributed by atoms with Crippen LogP contribution in [0.2, 0.25) is 0 Å². The summed E-state index contributed by atoms with van der Waals surface area (Å²) in [4.78, 5) is 1.17. The van der Waals surface area contributed by atoms with Crippen LogP contribution in [-0.4, -0.2) is 55.5 Å². The third kappa shape index (κ3) is 3.60. The molecule has 0 saturated carbocycles. The van der Waals surface area contributed by atoms with Gasteiger partial charge >= 0.3 is 33.3 Å². The van der Waals surface area contributed by atoms with Gasteiger partial charge in [-0.3, -0.25) is 0 Å². The van der Waals surface area contributed by atoms with E-state index in [0.29, 0.717) is 12.8 Å². The van der Waals surface area contributed by atoms with Crippen molar-refractivity contribution >= 4 is 15.9 Å². The predicted octanol–water partition coefficient (Wildman–Crippen LogP) is 3.89. The first-order valence-electron chi connectivity index (χ1n) is 7.19. The van der Waals surface area contributed by atoms with Gasteiger partial charge in [-0.15, -0.1) is 4.40 Å². The first-order chi connectivity index (χ1) is 11.4. The maximum Gasteiger partial charge on any atom is 0.460 e. The quantitative estimate of drug-likeness (QED) is 0.384. The van der Waals surface area contributed by atoms with Gasteiger partial charge in [0.05, 0.1) is 0 Å². The third-order valence-electron chi connectivity index (χ3n) is 3.60. The van der Waals surface area contributed by atoms with E-state index in [1.807, 2.05) is 0 Å². The fourth-order valence-electron chi connectivity index (χ4n) is 2.18. The van der Waals surface area contributed by atoms with Crippen molar-refractivity contribution in [2.45, 2.75) is 50.0 Å². The molecule has 0 aromatic carbocycles. The highest BCUT2D eigenvalue weighted by Crippen LogP contribution is 2.55. The molecule has 1 aliphatic heterocycles. The minimum absolute atomic E-state index is 0.146. The lowest BCUT2D eigenvalue weighted by atomic mass is 10.1. The van der Waals surface area contributed by atoms with Crippen LogP contribution in [0.4, 0.5) is 39.5 Å². The maximum atomic E-state index is 13.7. The summed E-state index contributed by atoms with van der Waals surface area (Å²) in [6, 6.07) is 0. The van der Waals surface area contributed by atoms with E-state index < -0.39 is 45.1 Å². The lowest BCUT2D eigenvalue weighted by Crippen LogP contribution is -2.63. The van der Waals surface area contributed by atoms with Gasteiger partial charge in [0.15, 0.2) is 0 Å². The molecule has 1 heterocycles. The summed E-state index contributed by atoms with van der Waals surface area (Å²) in [5.74, 6) is -16.1. The zero-order valence-electron chi connectivity index (χ0n) is 13.4. The molecule has 14 heteroatoms. The minimum Gasteiger partial charge on any atom is -0.359 e. The first-order valence-corrected chi connectivity index (χ1v) is 8.63. The van der Waals surface area contributed by atoms with Crippen LogP contribution in [-0.2, 0) is 10.0 Å². The largest absolute Gasteiger partial charge is 0.460 e. The number of amidine groups is 1. The Kier molecular flexibility index (Phi) is 5.93. The van der Waals surface area contributed by atoms with E-state index in [9.17, 15) is 47.9 Å².